The minimum absolute atomic E-state index is 0.222. The highest BCUT2D eigenvalue weighted by atomic mass is 32.1. The van der Waals surface area contributed by atoms with Gasteiger partial charge in [0.15, 0.2) is 0 Å². The summed E-state index contributed by atoms with van der Waals surface area (Å²) in [5, 5.41) is 12.5. The third-order valence-corrected chi connectivity index (χ3v) is 6.00. The first-order chi connectivity index (χ1) is 12.8. The minimum atomic E-state index is 0.222. The van der Waals surface area contributed by atoms with Gasteiger partial charge in [-0.1, -0.05) is 31.2 Å². The highest BCUT2D eigenvalue weighted by Crippen LogP contribution is 2.38. The molecule has 0 aliphatic carbocycles. The molecule has 0 unspecified atom stereocenters. The summed E-state index contributed by atoms with van der Waals surface area (Å²) < 4.78 is 0. The Morgan fingerprint density at radius 3 is 2.54 bits per heavy atom. The highest BCUT2D eigenvalue weighted by Gasteiger charge is 2.22. The molecule has 1 aromatic carbocycles. The van der Waals surface area contributed by atoms with Gasteiger partial charge in [0.05, 0.1) is 12.0 Å². The number of thiophene rings is 1. The van der Waals surface area contributed by atoms with Gasteiger partial charge in [-0.05, 0) is 17.5 Å². The zero-order chi connectivity index (χ0) is 17.9. The fourth-order valence-electron chi connectivity index (χ4n) is 3.56. The third kappa shape index (κ3) is 3.32. The number of piperazine rings is 1. The lowest BCUT2D eigenvalue weighted by Gasteiger charge is -2.35. The number of nitrogens with zero attached hydrogens (tertiary/aromatic N) is 4. The van der Waals surface area contributed by atoms with Gasteiger partial charge < -0.3 is 10.0 Å². The van der Waals surface area contributed by atoms with Crippen LogP contribution in [0.2, 0.25) is 0 Å². The monoisotopic (exact) mass is 368 g/mol. The predicted molar refractivity (Wildman–Crippen MR) is 108 cm³/mol. The lowest BCUT2D eigenvalue weighted by Crippen LogP contribution is -2.47. The van der Waals surface area contributed by atoms with Gasteiger partial charge in [-0.15, -0.1) is 11.3 Å². The van der Waals surface area contributed by atoms with Crippen molar-refractivity contribution in [2.45, 2.75) is 13.3 Å². The van der Waals surface area contributed by atoms with Crippen molar-refractivity contribution in [2.24, 2.45) is 0 Å². The minimum Gasteiger partial charge on any atom is -0.395 e. The molecule has 1 N–H and O–H groups in total. The second kappa shape index (κ2) is 7.70. The Hall–Kier alpha value is -2.02. The molecule has 1 aliphatic heterocycles. The summed E-state index contributed by atoms with van der Waals surface area (Å²) in [6.45, 7) is 6.91. The van der Waals surface area contributed by atoms with Crippen LogP contribution in [0.5, 0.6) is 0 Å². The maximum absolute atomic E-state index is 9.14. The zero-order valence-corrected chi connectivity index (χ0v) is 15.9. The molecule has 1 saturated heterocycles. The number of aryl methyl sites for hydroxylation is 1. The van der Waals surface area contributed by atoms with E-state index in [-0.39, 0.29) is 6.61 Å². The maximum atomic E-state index is 9.14. The quantitative estimate of drug-likeness (QED) is 0.750. The van der Waals surface area contributed by atoms with Crippen molar-refractivity contribution < 1.29 is 5.11 Å². The number of hydrogen-bond donors (Lipinski definition) is 1. The summed E-state index contributed by atoms with van der Waals surface area (Å²) in [5.74, 6) is 1.04. The Kier molecular flexibility index (Phi) is 5.15. The van der Waals surface area contributed by atoms with Crippen LogP contribution in [0, 0.1) is 0 Å². The van der Waals surface area contributed by atoms with Crippen molar-refractivity contribution in [1.29, 1.82) is 0 Å². The van der Waals surface area contributed by atoms with Gasteiger partial charge in [-0.2, -0.15) is 0 Å². The average molecular weight is 369 g/mol. The first-order valence-corrected chi connectivity index (χ1v) is 10.1. The first kappa shape index (κ1) is 17.4. The van der Waals surface area contributed by atoms with E-state index in [1.54, 1.807) is 17.7 Å². The van der Waals surface area contributed by atoms with E-state index in [1.807, 2.05) is 0 Å². The fourth-order valence-corrected chi connectivity index (χ4v) is 4.47. The second-order valence-corrected chi connectivity index (χ2v) is 7.49. The van der Waals surface area contributed by atoms with E-state index in [9.17, 15) is 0 Å². The molecule has 3 heterocycles. The van der Waals surface area contributed by atoms with E-state index in [1.165, 1.54) is 16.7 Å². The largest absolute Gasteiger partial charge is 0.395 e. The van der Waals surface area contributed by atoms with E-state index in [4.69, 9.17) is 5.11 Å². The van der Waals surface area contributed by atoms with Crippen LogP contribution >= 0.6 is 11.3 Å². The number of aromatic nitrogens is 2. The van der Waals surface area contributed by atoms with E-state index in [2.05, 4.69) is 56.3 Å². The number of fused-ring (bicyclic) bond motifs is 1. The summed E-state index contributed by atoms with van der Waals surface area (Å²) >= 11 is 1.68. The summed E-state index contributed by atoms with van der Waals surface area (Å²) in [6.07, 6.45) is 2.73. The van der Waals surface area contributed by atoms with E-state index in [0.717, 1.165) is 55.2 Å². The number of anilines is 1. The number of benzene rings is 1. The summed E-state index contributed by atoms with van der Waals surface area (Å²) in [6, 6.07) is 8.82. The van der Waals surface area contributed by atoms with Crippen molar-refractivity contribution in [2.75, 3.05) is 44.2 Å². The van der Waals surface area contributed by atoms with Gasteiger partial charge >= 0.3 is 0 Å². The second-order valence-electron chi connectivity index (χ2n) is 6.63. The summed E-state index contributed by atoms with van der Waals surface area (Å²) in [5.41, 5.74) is 3.80. The lowest BCUT2D eigenvalue weighted by molar-refractivity contribution is 0.188. The molecule has 0 saturated carbocycles. The fraction of sp³-hybridized carbons (Fsp3) is 0.400. The molecule has 0 radical (unpaired) electrons. The SMILES string of the molecule is CCc1ccc(-c2csc3ncnc(N4CCN(CCO)CC4)c23)cc1. The smallest absolute Gasteiger partial charge is 0.141 e. The molecule has 5 nitrogen and oxygen atoms in total. The average Bonchev–Trinajstić information content (AvgIpc) is 3.13. The Morgan fingerprint density at radius 2 is 1.85 bits per heavy atom. The van der Waals surface area contributed by atoms with Crippen LogP contribution < -0.4 is 4.90 Å². The topological polar surface area (TPSA) is 52.5 Å². The highest BCUT2D eigenvalue weighted by molar-refractivity contribution is 7.17. The Balaban J connectivity index is 1.68. The molecule has 0 bridgehead atoms. The lowest BCUT2D eigenvalue weighted by atomic mass is 10.0. The van der Waals surface area contributed by atoms with Gasteiger partial charge in [0.1, 0.15) is 17.0 Å². The maximum Gasteiger partial charge on any atom is 0.141 e. The van der Waals surface area contributed by atoms with Gasteiger partial charge in [0.25, 0.3) is 0 Å². The van der Waals surface area contributed by atoms with Gasteiger partial charge in [0, 0.05) is 43.7 Å². The molecule has 2 aromatic heterocycles. The molecular weight excluding hydrogens is 344 g/mol. The van der Waals surface area contributed by atoms with E-state index >= 15 is 0 Å². The van der Waals surface area contributed by atoms with Crippen LogP contribution in [0.4, 0.5) is 5.82 Å². The molecular formula is C20H24N4OS. The van der Waals surface area contributed by atoms with Gasteiger partial charge in [0.2, 0.25) is 0 Å². The predicted octanol–water partition coefficient (Wildman–Crippen LogP) is 3.04. The van der Waals surface area contributed by atoms with Crippen LogP contribution in [-0.2, 0) is 6.42 Å². The molecule has 136 valence electrons. The van der Waals surface area contributed by atoms with E-state index < -0.39 is 0 Å². The van der Waals surface area contributed by atoms with Gasteiger partial charge in [-0.3, -0.25) is 4.90 Å². The zero-order valence-electron chi connectivity index (χ0n) is 15.1. The first-order valence-electron chi connectivity index (χ1n) is 9.20. The molecule has 0 amide bonds. The number of β-amino-alcohol motifs (C(OH)–C–C–N with tert-alkyl or cyclic N) is 1. The van der Waals surface area contributed by atoms with Crippen LogP contribution in [0.15, 0.2) is 36.0 Å². The molecule has 1 aliphatic rings. The Bertz CT molecular complexity index is 869. The molecule has 4 rings (SSSR count). The molecule has 0 atom stereocenters. The molecule has 0 spiro atoms. The van der Waals surface area contributed by atoms with Crippen LogP contribution in [-0.4, -0.2) is 59.3 Å². The molecule has 1 fully saturated rings. The van der Waals surface area contributed by atoms with Gasteiger partial charge in [-0.25, -0.2) is 9.97 Å². The van der Waals surface area contributed by atoms with Crippen LogP contribution in [0.1, 0.15) is 12.5 Å². The molecule has 26 heavy (non-hydrogen) atoms. The molecule has 6 heteroatoms. The third-order valence-electron chi connectivity index (χ3n) is 5.11. The summed E-state index contributed by atoms with van der Waals surface area (Å²) in [7, 11) is 0. The van der Waals surface area contributed by atoms with Crippen LogP contribution in [0.3, 0.4) is 0 Å². The standard InChI is InChI=1S/C20H24N4OS/c1-2-15-3-5-16(6-4-15)17-13-26-20-18(17)19(21-14-22-20)24-9-7-23(8-10-24)11-12-25/h3-6,13-14,25H,2,7-12H2,1H3. The van der Waals surface area contributed by atoms with Crippen LogP contribution in [0.25, 0.3) is 21.3 Å². The van der Waals surface area contributed by atoms with Crippen molar-refractivity contribution in [3.63, 3.8) is 0 Å². The Labute approximate surface area is 157 Å². The van der Waals surface area contributed by atoms with E-state index in [0.29, 0.717) is 0 Å². The Morgan fingerprint density at radius 1 is 1.08 bits per heavy atom. The van der Waals surface area contributed by atoms with Crippen molar-refractivity contribution in [1.82, 2.24) is 14.9 Å². The van der Waals surface area contributed by atoms with Crippen molar-refractivity contribution in [3.05, 3.63) is 41.5 Å². The molecule has 3 aromatic rings. The number of aliphatic hydroxyl groups excluding tert-OH is 1. The van der Waals surface area contributed by atoms with Crippen molar-refractivity contribution >= 4 is 27.4 Å². The number of hydrogen-bond acceptors (Lipinski definition) is 6. The number of rotatable bonds is 5. The number of aliphatic hydroxyl groups is 1. The summed E-state index contributed by atoms with van der Waals surface area (Å²) in [4.78, 5) is 14.8. The normalized spacial score (nSPS) is 15.7. The van der Waals surface area contributed by atoms with Crippen molar-refractivity contribution in [3.8, 4) is 11.1 Å².